The topological polar surface area (TPSA) is 55.8 Å². The average Bonchev–Trinajstić information content (AvgIpc) is 2.97. The molecule has 1 aromatic rings. The third-order valence-electron chi connectivity index (χ3n) is 4.34. The molecule has 2 heterocycles. The molecular formula is C17H22O4. The maximum atomic E-state index is 12.2. The van der Waals surface area contributed by atoms with Crippen molar-refractivity contribution in [2.75, 3.05) is 0 Å². The van der Waals surface area contributed by atoms with Gasteiger partial charge in [0.15, 0.2) is 0 Å². The van der Waals surface area contributed by atoms with Crippen LogP contribution in [0.3, 0.4) is 0 Å². The van der Waals surface area contributed by atoms with Crippen molar-refractivity contribution >= 4 is 5.97 Å². The molecule has 2 aliphatic rings. The van der Waals surface area contributed by atoms with E-state index in [0.717, 1.165) is 30.4 Å². The van der Waals surface area contributed by atoms with Crippen LogP contribution < -0.4 is 4.74 Å². The van der Waals surface area contributed by atoms with Crippen molar-refractivity contribution in [2.24, 2.45) is 0 Å². The SMILES string of the molecule is CCCC[C@@H]1OC(=O)c2c1ccc1c2O[C@H](C(C)(C)O)C1. The molecule has 1 aromatic carbocycles. The van der Waals surface area contributed by atoms with E-state index in [0.29, 0.717) is 17.7 Å². The van der Waals surface area contributed by atoms with Crippen LogP contribution in [0, 0.1) is 0 Å². The van der Waals surface area contributed by atoms with Crippen LogP contribution in [-0.2, 0) is 11.2 Å². The number of esters is 1. The summed E-state index contributed by atoms with van der Waals surface area (Å²) in [5.41, 5.74) is 1.55. The lowest BCUT2D eigenvalue weighted by Crippen LogP contribution is -2.39. The summed E-state index contributed by atoms with van der Waals surface area (Å²) < 4.78 is 11.4. The van der Waals surface area contributed by atoms with E-state index >= 15 is 0 Å². The standard InChI is InChI=1S/C17H22O4/c1-4-5-6-12-11-8-7-10-9-13(17(2,3)19)21-15(10)14(11)16(18)20-12/h7-8,12-13,19H,4-6,9H2,1-3H3/t12-,13-/m0/s1. The molecule has 114 valence electrons. The number of fused-ring (bicyclic) bond motifs is 3. The number of aliphatic hydroxyl groups is 1. The second kappa shape index (κ2) is 5.02. The van der Waals surface area contributed by atoms with E-state index in [4.69, 9.17) is 9.47 Å². The van der Waals surface area contributed by atoms with Crippen LogP contribution >= 0.6 is 0 Å². The van der Waals surface area contributed by atoms with E-state index in [2.05, 4.69) is 6.92 Å². The number of unbranched alkanes of at least 4 members (excludes halogenated alkanes) is 1. The first-order valence-electron chi connectivity index (χ1n) is 7.67. The molecular weight excluding hydrogens is 268 g/mol. The van der Waals surface area contributed by atoms with Gasteiger partial charge in [0.2, 0.25) is 0 Å². The normalized spacial score (nSPS) is 23.5. The van der Waals surface area contributed by atoms with E-state index in [1.807, 2.05) is 12.1 Å². The summed E-state index contributed by atoms with van der Waals surface area (Å²) in [6.07, 6.45) is 3.11. The minimum Gasteiger partial charge on any atom is -0.486 e. The Hall–Kier alpha value is -1.55. The lowest BCUT2D eigenvalue weighted by molar-refractivity contribution is -0.0233. The number of hydrogen-bond acceptors (Lipinski definition) is 4. The van der Waals surface area contributed by atoms with Crippen molar-refractivity contribution in [1.29, 1.82) is 0 Å². The Bertz CT molecular complexity index is 571. The summed E-state index contributed by atoms with van der Waals surface area (Å²) in [4.78, 5) is 12.2. The van der Waals surface area contributed by atoms with Gasteiger partial charge in [-0.05, 0) is 32.3 Å². The van der Waals surface area contributed by atoms with Crippen LogP contribution in [-0.4, -0.2) is 22.8 Å². The molecule has 4 nitrogen and oxygen atoms in total. The van der Waals surface area contributed by atoms with Crippen LogP contribution in [0.15, 0.2) is 12.1 Å². The second-order valence-corrected chi connectivity index (χ2v) is 6.52. The van der Waals surface area contributed by atoms with Gasteiger partial charge >= 0.3 is 5.97 Å². The second-order valence-electron chi connectivity index (χ2n) is 6.52. The van der Waals surface area contributed by atoms with E-state index in [-0.39, 0.29) is 18.2 Å². The van der Waals surface area contributed by atoms with Gasteiger partial charge < -0.3 is 14.6 Å². The molecule has 0 bridgehead atoms. The Labute approximate surface area is 125 Å². The first-order chi connectivity index (χ1) is 9.91. The van der Waals surface area contributed by atoms with Gasteiger partial charge in [-0.15, -0.1) is 0 Å². The van der Waals surface area contributed by atoms with Gasteiger partial charge in [-0.3, -0.25) is 0 Å². The minimum absolute atomic E-state index is 0.150. The predicted molar refractivity (Wildman–Crippen MR) is 78.5 cm³/mol. The van der Waals surface area contributed by atoms with Crippen LogP contribution in [0.25, 0.3) is 0 Å². The van der Waals surface area contributed by atoms with Crippen molar-refractivity contribution < 1.29 is 19.4 Å². The van der Waals surface area contributed by atoms with Gasteiger partial charge in [0.1, 0.15) is 23.5 Å². The first-order valence-corrected chi connectivity index (χ1v) is 7.67. The molecule has 2 atom stereocenters. The summed E-state index contributed by atoms with van der Waals surface area (Å²) in [6.45, 7) is 5.58. The minimum atomic E-state index is -0.934. The van der Waals surface area contributed by atoms with Crippen molar-refractivity contribution in [3.05, 3.63) is 28.8 Å². The summed E-state index contributed by atoms with van der Waals surface area (Å²) >= 11 is 0. The lowest BCUT2D eigenvalue weighted by Gasteiger charge is -2.24. The molecule has 0 aromatic heterocycles. The summed E-state index contributed by atoms with van der Waals surface area (Å²) in [5.74, 6) is 0.322. The maximum Gasteiger partial charge on any atom is 0.342 e. The van der Waals surface area contributed by atoms with Crippen LogP contribution in [0.5, 0.6) is 5.75 Å². The van der Waals surface area contributed by atoms with E-state index in [1.165, 1.54) is 0 Å². The largest absolute Gasteiger partial charge is 0.486 e. The molecule has 2 aliphatic heterocycles. The summed E-state index contributed by atoms with van der Waals surface area (Å²) in [5, 5.41) is 10.1. The molecule has 0 radical (unpaired) electrons. The van der Waals surface area contributed by atoms with Gasteiger partial charge in [-0.25, -0.2) is 4.79 Å². The third kappa shape index (κ3) is 2.42. The highest BCUT2D eigenvalue weighted by atomic mass is 16.6. The van der Waals surface area contributed by atoms with Gasteiger partial charge in [0.05, 0.1) is 5.60 Å². The number of rotatable bonds is 4. The summed E-state index contributed by atoms with van der Waals surface area (Å²) in [6, 6.07) is 3.98. The van der Waals surface area contributed by atoms with Crippen LogP contribution in [0.4, 0.5) is 0 Å². The van der Waals surface area contributed by atoms with E-state index in [9.17, 15) is 9.90 Å². The fourth-order valence-electron chi connectivity index (χ4n) is 3.05. The Morgan fingerprint density at radius 3 is 2.76 bits per heavy atom. The van der Waals surface area contributed by atoms with Crippen molar-refractivity contribution in [1.82, 2.24) is 0 Å². The number of ether oxygens (including phenoxy) is 2. The van der Waals surface area contributed by atoms with Gasteiger partial charge in [0.25, 0.3) is 0 Å². The molecule has 1 N–H and O–H groups in total. The molecule has 0 spiro atoms. The Morgan fingerprint density at radius 2 is 2.10 bits per heavy atom. The number of cyclic esters (lactones) is 1. The van der Waals surface area contributed by atoms with Crippen molar-refractivity contribution in [3.8, 4) is 5.75 Å². The average molecular weight is 290 g/mol. The molecule has 3 rings (SSSR count). The zero-order valence-electron chi connectivity index (χ0n) is 12.8. The predicted octanol–water partition coefficient (Wildman–Crippen LogP) is 3.16. The molecule has 0 aliphatic carbocycles. The molecule has 0 saturated heterocycles. The number of carbonyl (C=O) groups excluding carboxylic acids is 1. The van der Waals surface area contributed by atoms with Gasteiger partial charge in [-0.2, -0.15) is 0 Å². The fourth-order valence-corrected chi connectivity index (χ4v) is 3.05. The molecule has 0 amide bonds. The number of carbonyl (C=O) groups is 1. The van der Waals surface area contributed by atoms with Gasteiger partial charge in [0, 0.05) is 12.0 Å². The van der Waals surface area contributed by atoms with Crippen molar-refractivity contribution in [3.63, 3.8) is 0 Å². The molecule has 0 unspecified atom stereocenters. The number of hydrogen-bond donors (Lipinski definition) is 1. The van der Waals surface area contributed by atoms with E-state index < -0.39 is 5.60 Å². The van der Waals surface area contributed by atoms with Crippen molar-refractivity contribution in [2.45, 2.75) is 64.3 Å². The highest BCUT2D eigenvalue weighted by Crippen LogP contribution is 2.44. The highest BCUT2D eigenvalue weighted by Gasteiger charge is 2.41. The summed E-state index contributed by atoms with van der Waals surface area (Å²) in [7, 11) is 0. The number of benzene rings is 1. The lowest BCUT2D eigenvalue weighted by atomic mass is 9.94. The Morgan fingerprint density at radius 1 is 1.33 bits per heavy atom. The fraction of sp³-hybridized carbons (Fsp3) is 0.588. The zero-order valence-corrected chi connectivity index (χ0v) is 12.8. The highest BCUT2D eigenvalue weighted by molar-refractivity contribution is 5.97. The van der Waals surface area contributed by atoms with E-state index in [1.54, 1.807) is 13.8 Å². The molecule has 4 heteroatoms. The third-order valence-corrected chi connectivity index (χ3v) is 4.34. The molecule has 0 fully saturated rings. The first kappa shape index (κ1) is 14.4. The van der Waals surface area contributed by atoms with Crippen LogP contribution in [0.2, 0.25) is 0 Å². The Kier molecular flexibility index (Phi) is 3.44. The molecule has 21 heavy (non-hydrogen) atoms. The van der Waals surface area contributed by atoms with Gasteiger partial charge in [-0.1, -0.05) is 25.5 Å². The smallest absolute Gasteiger partial charge is 0.342 e. The monoisotopic (exact) mass is 290 g/mol. The Balaban J connectivity index is 1.93. The zero-order chi connectivity index (χ0) is 15.2. The quantitative estimate of drug-likeness (QED) is 0.865. The maximum absolute atomic E-state index is 12.2. The molecule has 0 saturated carbocycles. The van der Waals surface area contributed by atoms with Crippen LogP contribution in [0.1, 0.15) is 67.6 Å².